The summed E-state index contributed by atoms with van der Waals surface area (Å²) in [6, 6.07) is 16.7. The Morgan fingerprint density at radius 3 is 2.79 bits per heavy atom. The van der Waals surface area contributed by atoms with E-state index >= 15 is 0 Å². The third-order valence-corrected chi connectivity index (χ3v) is 4.31. The lowest BCUT2D eigenvalue weighted by Crippen LogP contribution is -2.10. The number of H-pyrrole nitrogens is 1. The standard InChI is InChI=1S/C18H12BrN3O2/c19-13-5-2-1-4-12(13)17-21-14-8-7-11(10-15(14)22-17)20-18(23)16-6-3-9-24-16/h1-10H,(H,20,23)(H,21,22). The fraction of sp³-hybridized carbons (Fsp3) is 0. The SMILES string of the molecule is O=C(Nc1ccc2[nH]c(-c3ccccc3Br)nc2c1)c1ccco1. The summed E-state index contributed by atoms with van der Waals surface area (Å²) in [5, 5.41) is 2.80. The topological polar surface area (TPSA) is 70.9 Å². The summed E-state index contributed by atoms with van der Waals surface area (Å²) in [5.41, 5.74) is 3.32. The normalized spacial score (nSPS) is 10.9. The summed E-state index contributed by atoms with van der Waals surface area (Å²) >= 11 is 3.53. The van der Waals surface area contributed by atoms with Gasteiger partial charge in [0.05, 0.1) is 17.3 Å². The number of furan rings is 1. The van der Waals surface area contributed by atoms with Crippen LogP contribution in [0.3, 0.4) is 0 Å². The molecule has 4 aromatic rings. The highest BCUT2D eigenvalue weighted by Crippen LogP contribution is 2.28. The van der Waals surface area contributed by atoms with E-state index in [2.05, 4.69) is 31.2 Å². The van der Waals surface area contributed by atoms with E-state index in [1.807, 2.05) is 42.5 Å². The summed E-state index contributed by atoms with van der Waals surface area (Å²) in [6.07, 6.45) is 1.47. The second-order valence-electron chi connectivity index (χ2n) is 5.23. The second-order valence-corrected chi connectivity index (χ2v) is 6.08. The Bertz CT molecular complexity index is 1020. The Labute approximate surface area is 145 Å². The number of nitrogens with zero attached hydrogens (tertiary/aromatic N) is 1. The molecule has 0 unspecified atom stereocenters. The number of hydrogen-bond donors (Lipinski definition) is 2. The van der Waals surface area contributed by atoms with Gasteiger partial charge in [-0.3, -0.25) is 4.79 Å². The van der Waals surface area contributed by atoms with Gasteiger partial charge in [0.1, 0.15) is 5.82 Å². The van der Waals surface area contributed by atoms with Gasteiger partial charge in [-0.15, -0.1) is 0 Å². The molecule has 4 rings (SSSR count). The molecule has 6 heteroatoms. The van der Waals surface area contributed by atoms with E-state index in [1.54, 1.807) is 12.1 Å². The van der Waals surface area contributed by atoms with Crippen molar-refractivity contribution in [2.24, 2.45) is 0 Å². The summed E-state index contributed by atoms with van der Waals surface area (Å²) < 4.78 is 6.06. The molecule has 0 aliphatic heterocycles. The molecule has 5 nitrogen and oxygen atoms in total. The maximum absolute atomic E-state index is 12.0. The fourth-order valence-corrected chi connectivity index (χ4v) is 2.94. The highest BCUT2D eigenvalue weighted by atomic mass is 79.9. The first-order valence-corrected chi connectivity index (χ1v) is 8.09. The van der Waals surface area contributed by atoms with Gasteiger partial charge in [-0.05, 0) is 36.4 Å². The molecule has 24 heavy (non-hydrogen) atoms. The molecular formula is C18H12BrN3O2. The van der Waals surface area contributed by atoms with Crippen LogP contribution in [-0.2, 0) is 0 Å². The van der Waals surface area contributed by atoms with E-state index in [0.717, 1.165) is 26.9 Å². The predicted octanol–water partition coefficient (Wildman–Crippen LogP) is 4.84. The Balaban J connectivity index is 1.66. The van der Waals surface area contributed by atoms with Crippen LogP contribution in [0.1, 0.15) is 10.6 Å². The first-order chi connectivity index (χ1) is 11.7. The van der Waals surface area contributed by atoms with Crippen LogP contribution in [0.25, 0.3) is 22.4 Å². The van der Waals surface area contributed by atoms with Crippen molar-refractivity contribution < 1.29 is 9.21 Å². The zero-order chi connectivity index (χ0) is 16.5. The zero-order valence-corrected chi connectivity index (χ0v) is 14.0. The number of anilines is 1. The van der Waals surface area contributed by atoms with Crippen molar-refractivity contribution in [3.05, 3.63) is 71.1 Å². The minimum absolute atomic E-state index is 0.269. The van der Waals surface area contributed by atoms with Gasteiger partial charge >= 0.3 is 0 Å². The number of nitrogens with one attached hydrogen (secondary N) is 2. The van der Waals surface area contributed by atoms with Crippen LogP contribution in [-0.4, -0.2) is 15.9 Å². The van der Waals surface area contributed by atoms with Gasteiger partial charge in [-0.1, -0.05) is 34.1 Å². The van der Waals surface area contributed by atoms with Gasteiger partial charge in [-0.2, -0.15) is 0 Å². The van der Waals surface area contributed by atoms with Crippen LogP contribution in [0.2, 0.25) is 0 Å². The third-order valence-electron chi connectivity index (χ3n) is 3.61. The molecule has 0 atom stereocenters. The van der Waals surface area contributed by atoms with E-state index in [1.165, 1.54) is 6.26 Å². The summed E-state index contributed by atoms with van der Waals surface area (Å²) in [6.45, 7) is 0. The first kappa shape index (κ1) is 14.7. The molecule has 0 aliphatic rings. The Morgan fingerprint density at radius 2 is 2.00 bits per heavy atom. The second kappa shape index (κ2) is 5.98. The van der Waals surface area contributed by atoms with Gasteiger partial charge in [0.25, 0.3) is 5.91 Å². The molecule has 1 amide bonds. The van der Waals surface area contributed by atoms with Crippen LogP contribution < -0.4 is 5.32 Å². The van der Waals surface area contributed by atoms with Crippen LogP contribution in [0.5, 0.6) is 0 Å². The number of benzene rings is 2. The van der Waals surface area contributed by atoms with E-state index in [9.17, 15) is 4.79 Å². The summed E-state index contributed by atoms with van der Waals surface area (Å²) in [4.78, 5) is 19.9. The minimum atomic E-state index is -0.291. The molecule has 0 saturated heterocycles. The molecule has 2 aromatic heterocycles. The number of amides is 1. The zero-order valence-electron chi connectivity index (χ0n) is 12.4. The van der Waals surface area contributed by atoms with Crippen molar-refractivity contribution in [2.45, 2.75) is 0 Å². The number of aromatic nitrogens is 2. The monoisotopic (exact) mass is 381 g/mol. The van der Waals surface area contributed by atoms with Crippen LogP contribution >= 0.6 is 15.9 Å². The van der Waals surface area contributed by atoms with E-state index in [0.29, 0.717) is 5.69 Å². The number of fused-ring (bicyclic) bond motifs is 1. The van der Waals surface area contributed by atoms with Crippen molar-refractivity contribution in [1.82, 2.24) is 9.97 Å². The summed E-state index contributed by atoms with van der Waals surface area (Å²) in [7, 11) is 0. The lowest BCUT2D eigenvalue weighted by atomic mass is 10.2. The molecule has 0 saturated carbocycles. The number of carbonyl (C=O) groups excluding carboxylic acids is 1. The van der Waals surface area contributed by atoms with Crippen LogP contribution in [0.15, 0.2) is 69.8 Å². The maximum atomic E-state index is 12.0. The van der Waals surface area contributed by atoms with E-state index in [4.69, 9.17) is 4.42 Å². The van der Waals surface area contributed by atoms with Crippen molar-refractivity contribution in [3.8, 4) is 11.4 Å². The molecule has 0 fully saturated rings. The molecule has 0 aliphatic carbocycles. The Kier molecular flexibility index (Phi) is 3.66. The predicted molar refractivity (Wildman–Crippen MR) is 95.9 cm³/mol. The number of rotatable bonds is 3. The highest BCUT2D eigenvalue weighted by Gasteiger charge is 2.11. The Morgan fingerprint density at radius 1 is 1.12 bits per heavy atom. The molecule has 2 N–H and O–H groups in total. The molecule has 118 valence electrons. The first-order valence-electron chi connectivity index (χ1n) is 7.30. The molecule has 0 spiro atoms. The van der Waals surface area contributed by atoms with Crippen molar-refractivity contribution >= 4 is 38.6 Å². The van der Waals surface area contributed by atoms with Crippen molar-refractivity contribution in [1.29, 1.82) is 0 Å². The van der Waals surface area contributed by atoms with Gasteiger partial charge in [0.2, 0.25) is 0 Å². The van der Waals surface area contributed by atoms with Crippen molar-refractivity contribution in [2.75, 3.05) is 5.32 Å². The molecule has 2 heterocycles. The number of carbonyl (C=O) groups is 1. The maximum Gasteiger partial charge on any atom is 0.291 e. The third kappa shape index (κ3) is 2.72. The Hall–Kier alpha value is -2.86. The van der Waals surface area contributed by atoms with E-state index < -0.39 is 0 Å². The van der Waals surface area contributed by atoms with E-state index in [-0.39, 0.29) is 11.7 Å². The molecule has 2 aromatic carbocycles. The molecule has 0 bridgehead atoms. The number of hydrogen-bond acceptors (Lipinski definition) is 3. The van der Waals surface area contributed by atoms with Crippen LogP contribution in [0, 0.1) is 0 Å². The largest absolute Gasteiger partial charge is 0.459 e. The van der Waals surface area contributed by atoms with Gasteiger partial charge in [-0.25, -0.2) is 4.98 Å². The van der Waals surface area contributed by atoms with Gasteiger partial charge < -0.3 is 14.7 Å². The average Bonchev–Trinajstić information content (AvgIpc) is 3.24. The smallest absolute Gasteiger partial charge is 0.291 e. The quantitative estimate of drug-likeness (QED) is 0.533. The fourth-order valence-electron chi connectivity index (χ4n) is 2.46. The minimum Gasteiger partial charge on any atom is -0.459 e. The van der Waals surface area contributed by atoms with Crippen molar-refractivity contribution in [3.63, 3.8) is 0 Å². The molecule has 0 radical (unpaired) electrons. The van der Waals surface area contributed by atoms with Gasteiger partial charge in [0, 0.05) is 15.7 Å². The number of aromatic amines is 1. The highest BCUT2D eigenvalue weighted by molar-refractivity contribution is 9.10. The lowest BCUT2D eigenvalue weighted by molar-refractivity contribution is 0.0996. The summed E-state index contributed by atoms with van der Waals surface area (Å²) in [5.74, 6) is 0.749. The van der Waals surface area contributed by atoms with Crippen LogP contribution in [0.4, 0.5) is 5.69 Å². The average molecular weight is 382 g/mol. The number of imidazole rings is 1. The lowest BCUT2D eigenvalue weighted by Gasteiger charge is -2.02. The number of halogens is 1. The molecular weight excluding hydrogens is 370 g/mol. The van der Waals surface area contributed by atoms with Gasteiger partial charge in [0.15, 0.2) is 5.76 Å².